The van der Waals surface area contributed by atoms with Gasteiger partial charge < -0.3 is 4.74 Å². The van der Waals surface area contributed by atoms with E-state index in [2.05, 4.69) is 6.58 Å². The van der Waals surface area contributed by atoms with Crippen LogP contribution in [0.3, 0.4) is 0 Å². The molecule has 17 heavy (non-hydrogen) atoms. The zero-order valence-corrected chi connectivity index (χ0v) is 10.1. The van der Waals surface area contributed by atoms with Gasteiger partial charge in [-0.15, -0.1) is 0 Å². The third-order valence-electron chi connectivity index (χ3n) is 2.33. The smallest absolute Gasteiger partial charge is 0.252 e. The van der Waals surface area contributed by atoms with Gasteiger partial charge in [0, 0.05) is 5.56 Å². The maximum atomic E-state index is 11.0. The van der Waals surface area contributed by atoms with E-state index in [-0.39, 0.29) is 0 Å². The van der Waals surface area contributed by atoms with Gasteiger partial charge >= 0.3 is 0 Å². The van der Waals surface area contributed by atoms with Crippen molar-refractivity contribution in [3.63, 3.8) is 0 Å². The van der Waals surface area contributed by atoms with E-state index in [1.165, 1.54) is 0 Å². The van der Waals surface area contributed by atoms with Gasteiger partial charge in [0.25, 0.3) is 5.24 Å². The molecule has 0 aliphatic heterocycles. The first-order chi connectivity index (χ1) is 8.06. The highest BCUT2D eigenvalue weighted by molar-refractivity contribution is 6.67. The Morgan fingerprint density at radius 3 is 2.47 bits per heavy atom. The molecule has 0 aliphatic carbocycles. The van der Waals surface area contributed by atoms with Crippen LogP contribution in [0.15, 0.2) is 48.7 Å². The average molecular weight is 247 g/mol. The Morgan fingerprint density at radius 2 is 1.82 bits per heavy atom. The molecule has 2 aromatic carbocycles. The number of halogens is 1. The first-order valence-corrected chi connectivity index (χ1v) is 5.51. The lowest BCUT2D eigenvalue weighted by Gasteiger charge is -2.06. The maximum absolute atomic E-state index is 11.0. The maximum Gasteiger partial charge on any atom is 0.252 e. The second-order valence-corrected chi connectivity index (χ2v) is 4.14. The standard InChI is InChI=1S/C14H11ClO2/c1-9(2)17-13-6-5-10-7-12(14(15)16)4-3-11(10)8-13/h3-8H,1H2,2H3. The van der Waals surface area contributed by atoms with Crippen LogP contribution < -0.4 is 4.74 Å². The molecular formula is C14H11ClO2. The Balaban J connectivity index is 2.46. The average Bonchev–Trinajstić information content (AvgIpc) is 2.27. The van der Waals surface area contributed by atoms with Gasteiger partial charge in [0.05, 0.1) is 5.76 Å². The van der Waals surface area contributed by atoms with E-state index in [1.54, 1.807) is 19.1 Å². The van der Waals surface area contributed by atoms with Crippen molar-refractivity contribution in [1.82, 2.24) is 0 Å². The number of carbonyl (C=O) groups excluding carboxylic acids is 1. The van der Waals surface area contributed by atoms with Crippen molar-refractivity contribution in [1.29, 1.82) is 0 Å². The second kappa shape index (κ2) is 4.60. The van der Waals surface area contributed by atoms with Crippen LogP contribution in [0.4, 0.5) is 0 Å². The van der Waals surface area contributed by atoms with E-state index in [1.807, 2.05) is 24.3 Å². The van der Waals surface area contributed by atoms with Crippen molar-refractivity contribution in [2.24, 2.45) is 0 Å². The van der Waals surface area contributed by atoms with Gasteiger partial charge in [-0.2, -0.15) is 0 Å². The van der Waals surface area contributed by atoms with E-state index < -0.39 is 5.24 Å². The molecule has 0 aliphatic rings. The van der Waals surface area contributed by atoms with Gasteiger partial charge in [0.1, 0.15) is 5.75 Å². The summed E-state index contributed by atoms with van der Waals surface area (Å²) in [6.45, 7) is 5.47. The van der Waals surface area contributed by atoms with Crippen LogP contribution in [-0.2, 0) is 0 Å². The molecule has 2 aromatic rings. The lowest BCUT2D eigenvalue weighted by Crippen LogP contribution is -1.90. The summed E-state index contributed by atoms with van der Waals surface area (Å²) in [5.74, 6) is 1.37. The fraction of sp³-hybridized carbons (Fsp3) is 0.0714. The quantitative estimate of drug-likeness (QED) is 0.601. The Bertz CT molecular complexity index is 602. The van der Waals surface area contributed by atoms with Crippen LogP contribution >= 0.6 is 11.6 Å². The van der Waals surface area contributed by atoms with Crippen molar-refractivity contribution < 1.29 is 9.53 Å². The van der Waals surface area contributed by atoms with Gasteiger partial charge in [-0.1, -0.05) is 18.7 Å². The molecule has 86 valence electrons. The topological polar surface area (TPSA) is 26.3 Å². The van der Waals surface area contributed by atoms with Gasteiger partial charge in [0.15, 0.2) is 0 Å². The summed E-state index contributed by atoms with van der Waals surface area (Å²) in [6, 6.07) is 10.9. The molecule has 0 atom stereocenters. The largest absolute Gasteiger partial charge is 0.463 e. The number of allylic oxidation sites excluding steroid dienone is 1. The molecule has 2 nitrogen and oxygen atoms in total. The molecule has 0 unspecified atom stereocenters. The molecule has 0 N–H and O–H groups in total. The Hall–Kier alpha value is -1.80. The van der Waals surface area contributed by atoms with Gasteiger partial charge in [-0.25, -0.2) is 0 Å². The molecular weight excluding hydrogens is 236 g/mol. The molecule has 0 radical (unpaired) electrons. The van der Waals surface area contributed by atoms with Gasteiger partial charge in [0.2, 0.25) is 0 Å². The number of rotatable bonds is 3. The normalized spacial score (nSPS) is 10.2. The fourth-order valence-electron chi connectivity index (χ4n) is 1.61. The zero-order chi connectivity index (χ0) is 12.4. The molecule has 0 saturated carbocycles. The van der Waals surface area contributed by atoms with Crippen LogP contribution in [0.5, 0.6) is 5.75 Å². The molecule has 0 spiro atoms. The van der Waals surface area contributed by atoms with E-state index in [0.29, 0.717) is 11.3 Å². The van der Waals surface area contributed by atoms with Crippen molar-refractivity contribution in [3.8, 4) is 5.75 Å². The molecule has 3 heteroatoms. The summed E-state index contributed by atoms with van der Waals surface area (Å²) in [6.07, 6.45) is 0. The second-order valence-electron chi connectivity index (χ2n) is 3.80. The molecule has 0 fully saturated rings. The van der Waals surface area contributed by atoms with Crippen LogP contribution in [0.25, 0.3) is 10.8 Å². The van der Waals surface area contributed by atoms with Gasteiger partial charge in [-0.3, -0.25) is 4.79 Å². The first-order valence-electron chi connectivity index (χ1n) is 5.13. The van der Waals surface area contributed by atoms with E-state index in [4.69, 9.17) is 16.3 Å². The van der Waals surface area contributed by atoms with Crippen LogP contribution in [0.1, 0.15) is 17.3 Å². The lowest BCUT2D eigenvalue weighted by molar-refractivity contribution is 0.108. The van der Waals surface area contributed by atoms with E-state index in [9.17, 15) is 4.79 Å². The zero-order valence-electron chi connectivity index (χ0n) is 9.37. The molecule has 0 amide bonds. The summed E-state index contributed by atoms with van der Waals surface area (Å²) in [5, 5.41) is 1.49. The SMILES string of the molecule is C=C(C)Oc1ccc2cc(C(=O)Cl)ccc2c1. The monoisotopic (exact) mass is 246 g/mol. The number of hydrogen-bond acceptors (Lipinski definition) is 2. The predicted molar refractivity (Wildman–Crippen MR) is 69.6 cm³/mol. The minimum absolute atomic E-state index is 0.450. The molecule has 0 bridgehead atoms. The molecule has 0 aromatic heterocycles. The summed E-state index contributed by atoms with van der Waals surface area (Å²) >= 11 is 5.43. The Morgan fingerprint density at radius 1 is 1.18 bits per heavy atom. The lowest BCUT2D eigenvalue weighted by atomic mass is 10.1. The van der Waals surface area contributed by atoms with Crippen molar-refractivity contribution in [3.05, 3.63) is 54.3 Å². The first kappa shape index (κ1) is 11.7. The number of carbonyl (C=O) groups is 1. The van der Waals surface area contributed by atoms with Crippen LogP contribution in [0.2, 0.25) is 0 Å². The van der Waals surface area contributed by atoms with Crippen LogP contribution in [-0.4, -0.2) is 5.24 Å². The van der Waals surface area contributed by atoms with Crippen LogP contribution in [0, 0.1) is 0 Å². The molecule has 2 rings (SSSR count). The molecule has 0 saturated heterocycles. The minimum Gasteiger partial charge on any atom is -0.463 e. The summed E-state index contributed by atoms with van der Waals surface area (Å²) in [7, 11) is 0. The number of benzene rings is 2. The highest BCUT2D eigenvalue weighted by Crippen LogP contribution is 2.23. The Kier molecular flexibility index (Phi) is 3.16. The van der Waals surface area contributed by atoms with Crippen molar-refractivity contribution >= 4 is 27.6 Å². The minimum atomic E-state index is -0.450. The fourth-order valence-corrected chi connectivity index (χ4v) is 1.73. The molecule has 0 heterocycles. The van der Waals surface area contributed by atoms with E-state index in [0.717, 1.165) is 16.5 Å². The van der Waals surface area contributed by atoms with Crippen molar-refractivity contribution in [2.75, 3.05) is 0 Å². The van der Waals surface area contributed by atoms with Crippen molar-refractivity contribution in [2.45, 2.75) is 6.92 Å². The summed E-state index contributed by atoms with van der Waals surface area (Å²) < 4.78 is 5.41. The predicted octanol–water partition coefficient (Wildman–Crippen LogP) is 4.13. The summed E-state index contributed by atoms with van der Waals surface area (Å²) in [4.78, 5) is 11.0. The number of fused-ring (bicyclic) bond motifs is 1. The highest BCUT2D eigenvalue weighted by Gasteiger charge is 2.03. The summed E-state index contributed by atoms with van der Waals surface area (Å²) in [5.41, 5.74) is 0.493. The third-order valence-corrected chi connectivity index (χ3v) is 2.55. The van der Waals surface area contributed by atoms with Gasteiger partial charge in [-0.05, 0) is 53.6 Å². The number of ether oxygens (including phenoxy) is 1. The highest BCUT2D eigenvalue weighted by atomic mass is 35.5. The van der Waals surface area contributed by atoms with E-state index >= 15 is 0 Å². The third kappa shape index (κ3) is 2.66. The Labute approximate surface area is 104 Å². The number of hydrogen-bond donors (Lipinski definition) is 0.